The second-order valence-corrected chi connectivity index (χ2v) is 7.53. The number of amides is 1. The van der Waals surface area contributed by atoms with E-state index in [1.54, 1.807) is 37.1 Å². The number of halogens is 1. The Labute approximate surface area is 180 Å². The largest absolute Gasteiger partial charge is 0.342 e. The third-order valence-electron chi connectivity index (χ3n) is 5.29. The number of hydrogen-bond donors (Lipinski definition) is 1. The number of aryl methyl sites for hydroxylation is 1. The number of unbranched alkanes of at least 4 members (excludes halogenated alkanes) is 2. The standard InChI is InChI=1S/C23H25FN4O3/c1-16-20(8-6-9-22(16)28(30)31)23(29)27(2)14-5-3-4-7-19-15-21(26-25-19)17-10-12-18(24)13-11-17/h6,8-13,15H,3-5,7,14H2,1-2H3,(H,25,26). The van der Waals surface area contributed by atoms with Crippen LogP contribution < -0.4 is 0 Å². The number of aromatic amines is 1. The second kappa shape index (κ2) is 9.97. The van der Waals surface area contributed by atoms with Crippen LogP contribution in [0.15, 0.2) is 48.5 Å². The van der Waals surface area contributed by atoms with Crippen molar-refractivity contribution >= 4 is 11.6 Å². The lowest BCUT2D eigenvalue weighted by Crippen LogP contribution is -2.28. The van der Waals surface area contributed by atoms with Crippen molar-refractivity contribution in [3.05, 3.63) is 81.3 Å². The highest BCUT2D eigenvalue weighted by Crippen LogP contribution is 2.22. The number of nitrogens with zero attached hydrogens (tertiary/aromatic N) is 3. The zero-order valence-electron chi connectivity index (χ0n) is 17.6. The number of carbonyl (C=O) groups excluding carboxylic acids is 1. The molecule has 1 amide bonds. The number of carbonyl (C=O) groups is 1. The van der Waals surface area contributed by atoms with Gasteiger partial charge in [-0.25, -0.2) is 4.39 Å². The summed E-state index contributed by atoms with van der Waals surface area (Å²) in [6, 6.07) is 12.8. The van der Waals surface area contributed by atoms with Crippen LogP contribution in [0.4, 0.5) is 10.1 Å². The Morgan fingerprint density at radius 1 is 1.16 bits per heavy atom. The zero-order valence-corrected chi connectivity index (χ0v) is 17.6. The molecule has 8 heteroatoms. The Bertz CT molecular complexity index is 1060. The molecule has 1 N–H and O–H groups in total. The summed E-state index contributed by atoms with van der Waals surface area (Å²) in [5.74, 6) is -0.484. The van der Waals surface area contributed by atoms with E-state index >= 15 is 0 Å². The van der Waals surface area contributed by atoms with E-state index in [-0.39, 0.29) is 17.4 Å². The summed E-state index contributed by atoms with van der Waals surface area (Å²) in [4.78, 5) is 24.9. The molecule has 0 fully saturated rings. The van der Waals surface area contributed by atoms with Gasteiger partial charge in [-0.15, -0.1) is 0 Å². The summed E-state index contributed by atoms with van der Waals surface area (Å²) in [7, 11) is 1.71. The summed E-state index contributed by atoms with van der Waals surface area (Å²) in [6.07, 6.45) is 3.52. The first-order valence-corrected chi connectivity index (χ1v) is 10.2. The lowest BCUT2D eigenvalue weighted by atomic mass is 10.1. The van der Waals surface area contributed by atoms with Crippen molar-refractivity contribution < 1.29 is 14.1 Å². The molecule has 3 rings (SSSR count). The molecule has 7 nitrogen and oxygen atoms in total. The van der Waals surface area contributed by atoms with Crippen molar-refractivity contribution in [2.45, 2.75) is 32.6 Å². The molecule has 31 heavy (non-hydrogen) atoms. The van der Waals surface area contributed by atoms with Gasteiger partial charge in [-0.1, -0.05) is 12.5 Å². The van der Waals surface area contributed by atoms with E-state index in [0.717, 1.165) is 42.6 Å². The number of nitro groups is 1. The molecule has 1 heterocycles. The van der Waals surface area contributed by atoms with E-state index in [1.165, 1.54) is 24.3 Å². The summed E-state index contributed by atoms with van der Waals surface area (Å²) in [5.41, 5.74) is 3.37. The first-order chi connectivity index (χ1) is 14.9. The third-order valence-corrected chi connectivity index (χ3v) is 5.29. The molecule has 1 aromatic heterocycles. The molecule has 0 aliphatic carbocycles. The predicted molar refractivity (Wildman–Crippen MR) is 116 cm³/mol. The highest BCUT2D eigenvalue weighted by atomic mass is 19.1. The summed E-state index contributed by atoms with van der Waals surface area (Å²) in [6.45, 7) is 2.18. The Balaban J connectivity index is 1.45. The van der Waals surface area contributed by atoms with E-state index in [2.05, 4.69) is 10.2 Å². The van der Waals surface area contributed by atoms with Gasteiger partial charge in [0.15, 0.2) is 0 Å². The molecule has 0 saturated heterocycles. The SMILES string of the molecule is Cc1c(C(=O)N(C)CCCCCc2cc(-c3ccc(F)cc3)n[nH]2)cccc1[N+](=O)[O-]. The first kappa shape index (κ1) is 22.1. The van der Waals surface area contributed by atoms with Gasteiger partial charge in [0.05, 0.1) is 10.6 Å². The Hall–Kier alpha value is -3.55. The van der Waals surface area contributed by atoms with Crippen LogP contribution >= 0.6 is 0 Å². The molecular formula is C23H25FN4O3. The van der Waals surface area contributed by atoms with Gasteiger partial charge in [0, 0.05) is 42.0 Å². The average Bonchev–Trinajstić information content (AvgIpc) is 3.22. The van der Waals surface area contributed by atoms with Gasteiger partial charge in [0.25, 0.3) is 11.6 Å². The number of benzene rings is 2. The molecule has 3 aromatic rings. The fourth-order valence-electron chi connectivity index (χ4n) is 3.46. The number of H-pyrrole nitrogens is 1. The quantitative estimate of drug-likeness (QED) is 0.300. The van der Waals surface area contributed by atoms with Crippen molar-refractivity contribution in [3.63, 3.8) is 0 Å². The fourth-order valence-corrected chi connectivity index (χ4v) is 3.46. The van der Waals surface area contributed by atoms with Crippen LogP contribution in [0.3, 0.4) is 0 Å². The van der Waals surface area contributed by atoms with Crippen LogP contribution in [0.5, 0.6) is 0 Å². The molecule has 0 unspecified atom stereocenters. The highest BCUT2D eigenvalue weighted by Gasteiger charge is 2.20. The third kappa shape index (κ3) is 5.53. The van der Waals surface area contributed by atoms with Crippen molar-refractivity contribution in [1.29, 1.82) is 0 Å². The van der Waals surface area contributed by atoms with E-state index in [9.17, 15) is 19.3 Å². The van der Waals surface area contributed by atoms with Crippen LogP contribution in [-0.2, 0) is 6.42 Å². The molecule has 0 radical (unpaired) electrons. The monoisotopic (exact) mass is 424 g/mol. The Kier molecular flexibility index (Phi) is 7.12. The van der Waals surface area contributed by atoms with E-state index in [4.69, 9.17) is 0 Å². The van der Waals surface area contributed by atoms with Gasteiger partial charge in [0.1, 0.15) is 5.82 Å². The number of nitro benzene ring substituents is 1. The summed E-state index contributed by atoms with van der Waals surface area (Å²) in [5, 5.41) is 18.4. The number of hydrogen-bond acceptors (Lipinski definition) is 4. The Morgan fingerprint density at radius 2 is 1.90 bits per heavy atom. The maximum Gasteiger partial charge on any atom is 0.273 e. The minimum absolute atomic E-state index is 0.0428. The van der Waals surface area contributed by atoms with E-state index in [0.29, 0.717) is 17.7 Å². The van der Waals surface area contributed by atoms with Gasteiger partial charge >= 0.3 is 0 Å². The molecule has 162 valence electrons. The van der Waals surface area contributed by atoms with Crippen LogP contribution in [-0.4, -0.2) is 39.5 Å². The number of rotatable bonds is 9. The lowest BCUT2D eigenvalue weighted by Gasteiger charge is -2.18. The first-order valence-electron chi connectivity index (χ1n) is 10.2. The second-order valence-electron chi connectivity index (χ2n) is 7.53. The van der Waals surface area contributed by atoms with Gasteiger partial charge in [0.2, 0.25) is 0 Å². The van der Waals surface area contributed by atoms with Gasteiger partial charge < -0.3 is 4.90 Å². The highest BCUT2D eigenvalue weighted by molar-refractivity contribution is 5.96. The van der Waals surface area contributed by atoms with Crippen molar-refractivity contribution in [3.8, 4) is 11.3 Å². The molecule has 0 aliphatic heterocycles. The van der Waals surface area contributed by atoms with Crippen molar-refractivity contribution in [2.75, 3.05) is 13.6 Å². The topological polar surface area (TPSA) is 92.1 Å². The molecule has 0 atom stereocenters. The van der Waals surface area contributed by atoms with Gasteiger partial charge in [-0.3, -0.25) is 20.0 Å². The molecule has 0 aliphatic rings. The normalized spacial score (nSPS) is 10.8. The maximum absolute atomic E-state index is 13.0. The molecule has 0 bridgehead atoms. The van der Waals surface area contributed by atoms with Crippen LogP contribution in [0, 0.1) is 22.9 Å². The number of aromatic nitrogens is 2. The van der Waals surface area contributed by atoms with E-state index in [1.807, 2.05) is 6.07 Å². The zero-order chi connectivity index (χ0) is 22.4. The minimum atomic E-state index is -0.469. The summed E-state index contributed by atoms with van der Waals surface area (Å²) < 4.78 is 13.0. The van der Waals surface area contributed by atoms with Gasteiger partial charge in [-0.2, -0.15) is 5.10 Å². The molecule has 2 aromatic carbocycles. The Morgan fingerprint density at radius 3 is 2.61 bits per heavy atom. The number of nitrogens with one attached hydrogen (secondary N) is 1. The molecule has 0 spiro atoms. The molecule has 0 saturated carbocycles. The molecular weight excluding hydrogens is 399 g/mol. The van der Waals surface area contributed by atoms with E-state index < -0.39 is 4.92 Å². The van der Waals surface area contributed by atoms with Crippen molar-refractivity contribution in [1.82, 2.24) is 15.1 Å². The van der Waals surface area contributed by atoms with Crippen molar-refractivity contribution in [2.24, 2.45) is 0 Å². The lowest BCUT2D eigenvalue weighted by molar-refractivity contribution is -0.385. The van der Waals surface area contributed by atoms with Crippen LogP contribution in [0.25, 0.3) is 11.3 Å². The maximum atomic E-state index is 13.0. The van der Waals surface area contributed by atoms with Crippen LogP contribution in [0.2, 0.25) is 0 Å². The predicted octanol–water partition coefficient (Wildman–Crippen LogP) is 4.92. The average molecular weight is 424 g/mol. The summed E-state index contributed by atoms with van der Waals surface area (Å²) >= 11 is 0. The van der Waals surface area contributed by atoms with Crippen LogP contribution in [0.1, 0.15) is 40.9 Å². The van der Waals surface area contributed by atoms with Gasteiger partial charge in [-0.05, 0) is 62.6 Å². The smallest absolute Gasteiger partial charge is 0.273 e. The minimum Gasteiger partial charge on any atom is -0.342 e. The fraction of sp³-hybridized carbons (Fsp3) is 0.304.